The highest BCUT2D eigenvalue weighted by Crippen LogP contribution is 2.23. The smallest absolute Gasteiger partial charge is 0.336 e. The number of carbonyl (C=O) groups excluding carboxylic acids is 1. The standard InChI is InChI=1S/C21H18FNO5/c1-13(26-17-6-2-14-3-9-20(24)28-19(14)10-17)21(25)23-11-18(12-23)27-16-7-4-15(22)5-8-16/h2-10,13,18H,11-12H2,1H3. The lowest BCUT2D eigenvalue weighted by molar-refractivity contribution is -0.146. The average molecular weight is 383 g/mol. The van der Waals surface area contributed by atoms with E-state index < -0.39 is 11.7 Å². The van der Waals surface area contributed by atoms with E-state index >= 15 is 0 Å². The van der Waals surface area contributed by atoms with Crippen molar-refractivity contribution in [2.75, 3.05) is 13.1 Å². The number of benzene rings is 2. The van der Waals surface area contributed by atoms with Gasteiger partial charge in [0.2, 0.25) is 0 Å². The second-order valence-corrected chi connectivity index (χ2v) is 6.65. The molecule has 0 N–H and O–H groups in total. The number of halogens is 1. The number of amides is 1. The highest BCUT2D eigenvalue weighted by atomic mass is 19.1. The van der Waals surface area contributed by atoms with Gasteiger partial charge in [0.25, 0.3) is 5.91 Å². The summed E-state index contributed by atoms with van der Waals surface area (Å²) in [7, 11) is 0. The summed E-state index contributed by atoms with van der Waals surface area (Å²) in [6, 6.07) is 13.9. The van der Waals surface area contributed by atoms with Crippen LogP contribution in [0.3, 0.4) is 0 Å². The Morgan fingerprint density at radius 1 is 1.11 bits per heavy atom. The van der Waals surface area contributed by atoms with Gasteiger partial charge in [-0.05, 0) is 49.4 Å². The molecule has 1 saturated heterocycles. The molecule has 3 aromatic rings. The molecule has 1 unspecified atom stereocenters. The van der Waals surface area contributed by atoms with Gasteiger partial charge >= 0.3 is 5.63 Å². The molecule has 0 spiro atoms. The Labute approximate surface area is 160 Å². The van der Waals surface area contributed by atoms with Crippen molar-refractivity contribution < 1.29 is 23.1 Å². The van der Waals surface area contributed by atoms with Gasteiger partial charge in [0.05, 0.1) is 13.1 Å². The average Bonchev–Trinajstić information content (AvgIpc) is 2.65. The highest BCUT2D eigenvalue weighted by Gasteiger charge is 2.35. The second-order valence-electron chi connectivity index (χ2n) is 6.65. The summed E-state index contributed by atoms with van der Waals surface area (Å²) in [5.74, 6) is 0.535. The van der Waals surface area contributed by atoms with Crippen LogP contribution in [0.2, 0.25) is 0 Å². The molecule has 1 fully saturated rings. The molecular formula is C21H18FNO5. The van der Waals surface area contributed by atoms with Gasteiger partial charge in [-0.2, -0.15) is 0 Å². The summed E-state index contributed by atoms with van der Waals surface area (Å²) >= 11 is 0. The molecule has 1 atom stereocenters. The molecule has 1 aliphatic rings. The molecule has 6 nitrogen and oxygen atoms in total. The van der Waals surface area contributed by atoms with E-state index in [0.29, 0.717) is 30.2 Å². The maximum Gasteiger partial charge on any atom is 0.336 e. The van der Waals surface area contributed by atoms with Crippen LogP contribution in [0.1, 0.15) is 6.92 Å². The first kappa shape index (κ1) is 18.0. The highest BCUT2D eigenvalue weighted by molar-refractivity contribution is 5.82. The van der Waals surface area contributed by atoms with Crippen LogP contribution in [0.4, 0.5) is 4.39 Å². The first-order chi connectivity index (χ1) is 13.5. The number of nitrogens with zero attached hydrogens (tertiary/aromatic N) is 1. The second kappa shape index (κ2) is 7.34. The van der Waals surface area contributed by atoms with Crippen molar-refractivity contribution in [1.29, 1.82) is 0 Å². The van der Waals surface area contributed by atoms with Crippen LogP contribution in [-0.2, 0) is 4.79 Å². The number of fused-ring (bicyclic) bond motifs is 1. The maximum absolute atomic E-state index is 12.9. The molecule has 0 saturated carbocycles. The number of hydrogen-bond donors (Lipinski definition) is 0. The Hall–Kier alpha value is -3.35. The maximum atomic E-state index is 12.9. The van der Waals surface area contributed by atoms with Gasteiger partial charge in [-0.3, -0.25) is 4.79 Å². The van der Waals surface area contributed by atoms with Crippen molar-refractivity contribution in [2.45, 2.75) is 19.1 Å². The largest absolute Gasteiger partial charge is 0.487 e. The summed E-state index contributed by atoms with van der Waals surface area (Å²) < 4.78 is 29.5. The Morgan fingerprint density at radius 2 is 1.79 bits per heavy atom. The topological polar surface area (TPSA) is 69.0 Å². The molecule has 0 radical (unpaired) electrons. The summed E-state index contributed by atoms with van der Waals surface area (Å²) in [5, 5.41) is 0.773. The zero-order valence-corrected chi connectivity index (χ0v) is 15.1. The number of carbonyl (C=O) groups is 1. The van der Waals surface area contributed by atoms with Gasteiger partial charge in [-0.25, -0.2) is 9.18 Å². The number of hydrogen-bond acceptors (Lipinski definition) is 5. The van der Waals surface area contributed by atoms with Gasteiger partial charge in [0.15, 0.2) is 6.10 Å². The monoisotopic (exact) mass is 383 g/mol. The Bertz CT molecular complexity index is 1060. The minimum absolute atomic E-state index is 0.128. The fraction of sp³-hybridized carbons (Fsp3) is 0.238. The fourth-order valence-electron chi connectivity index (χ4n) is 3.02. The van der Waals surface area contributed by atoms with E-state index in [9.17, 15) is 14.0 Å². The lowest BCUT2D eigenvalue weighted by Crippen LogP contribution is -2.58. The van der Waals surface area contributed by atoms with E-state index in [1.807, 2.05) is 0 Å². The van der Waals surface area contributed by atoms with E-state index in [0.717, 1.165) is 5.39 Å². The molecule has 28 heavy (non-hydrogen) atoms. The quantitative estimate of drug-likeness (QED) is 0.634. The number of ether oxygens (including phenoxy) is 2. The van der Waals surface area contributed by atoms with Gasteiger partial charge in [-0.15, -0.1) is 0 Å². The Balaban J connectivity index is 1.33. The van der Waals surface area contributed by atoms with Gasteiger partial charge in [0.1, 0.15) is 29.0 Å². The van der Waals surface area contributed by atoms with Crippen LogP contribution in [-0.4, -0.2) is 36.1 Å². The molecule has 144 valence electrons. The van der Waals surface area contributed by atoms with Crippen molar-refractivity contribution >= 4 is 16.9 Å². The molecule has 7 heteroatoms. The normalized spacial score (nSPS) is 15.1. The van der Waals surface area contributed by atoms with Crippen LogP contribution in [0.15, 0.2) is 63.8 Å². The lowest BCUT2D eigenvalue weighted by atomic mass is 10.1. The third-order valence-electron chi connectivity index (χ3n) is 4.53. The summed E-state index contributed by atoms with van der Waals surface area (Å²) in [5.41, 5.74) is -0.0390. The molecule has 0 aliphatic carbocycles. The van der Waals surface area contributed by atoms with E-state index in [4.69, 9.17) is 13.9 Å². The lowest BCUT2D eigenvalue weighted by Gasteiger charge is -2.40. The molecule has 0 bridgehead atoms. The van der Waals surface area contributed by atoms with Gasteiger partial charge in [-0.1, -0.05) is 0 Å². The third kappa shape index (κ3) is 3.83. The van der Waals surface area contributed by atoms with E-state index in [-0.39, 0.29) is 17.8 Å². The number of rotatable bonds is 5. The van der Waals surface area contributed by atoms with Crippen molar-refractivity contribution in [2.24, 2.45) is 0 Å². The van der Waals surface area contributed by atoms with E-state index in [1.165, 1.54) is 18.2 Å². The van der Waals surface area contributed by atoms with E-state index in [2.05, 4.69) is 0 Å². The molecule has 2 heterocycles. The third-order valence-corrected chi connectivity index (χ3v) is 4.53. The summed E-state index contributed by atoms with van der Waals surface area (Å²) in [6.45, 7) is 2.55. The molecule has 2 aromatic carbocycles. The van der Waals surface area contributed by atoms with Crippen molar-refractivity contribution in [3.8, 4) is 11.5 Å². The summed E-state index contributed by atoms with van der Waals surface area (Å²) in [4.78, 5) is 25.5. The minimum atomic E-state index is -0.695. The predicted molar refractivity (Wildman–Crippen MR) is 100.0 cm³/mol. The van der Waals surface area contributed by atoms with Crippen molar-refractivity contribution in [3.63, 3.8) is 0 Å². The van der Waals surface area contributed by atoms with Crippen LogP contribution >= 0.6 is 0 Å². The molecular weight excluding hydrogens is 365 g/mol. The van der Waals surface area contributed by atoms with Gasteiger partial charge in [0, 0.05) is 17.5 Å². The zero-order chi connectivity index (χ0) is 19.7. The Kier molecular flexibility index (Phi) is 4.73. The first-order valence-corrected chi connectivity index (χ1v) is 8.89. The van der Waals surface area contributed by atoms with Gasteiger partial charge < -0.3 is 18.8 Å². The molecule has 1 amide bonds. The summed E-state index contributed by atoms with van der Waals surface area (Å²) in [6.07, 6.45) is -0.823. The first-order valence-electron chi connectivity index (χ1n) is 8.89. The SMILES string of the molecule is CC(Oc1ccc2ccc(=O)oc2c1)C(=O)N1CC(Oc2ccc(F)cc2)C1. The minimum Gasteiger partial charge on any atom is -0.487 e. The van der Waals surface area contributed by atoms with Crippen molar-refractivity contribution in [3.05, 3.63) is 70.8 Å². The number of likely N-dealkylation sites (tertiary alicyclic amines) is 1. The van der Waals surface area contributed by atoms with Crippen LogP contribution in [0, 0.1) is 5.82 Å². The van der Waals surface area contributed by atoms with E-state index in [1.54, 1.807) is 48.2 Å². The fourth-order valence-corrected chi connectivity index (χ4v) is 3.02. The zero-order valence-electron chi connectivity index (χ0n) is 15.1. The van der Waals surface area contributed by atoms with Crippen LogP contribution in [0.5, 0.6) is 11.5 Å². The van der Waals surface area contributed by atoms with Crippen LogP contribution in [0.25, 0.3) is 11.0 Å². The molecule has 4 rings (SSSR count). The van der Waals surface area contributed by atoms with Crippen molar-refractivity contribution in [1.82, 2.24) is 4.90 Å². The van der Waals surface area contributed by atoms with Crippen LogP contribution < -0.4 is 15.1 Å². The molecule has 1 aromatic heterocycles. The Morgan fingerprint density at radius 3 is 2.54 bits per heavy atom. The molecule has 1 aliphatic heterocycles. The predicted octanol–water partition coefficient (Wildman–Crippen LogP) is 2.99.